The summed E-state index contributed by atoms with van der Waals surface area (Å²) in [7, 11) is 0. The molecule has 4 heterocycles. The number of nitrogens with zero attached hydrogens (tertiary/aromatic N) is 5. The molecule has 0 amide bonds. The van der Waals surface area contributed by atoms with Crippen molar-refractivity contribution in [2.45, 2.75) is 24.9 Å². The topological polar surface area (TPSA) is 72.9 Å². The van der Waals surface area contributed by atoms with Crippen molar-refractivity contribution in [3.05, 3.63) is 35.1 Å². The molecule has 0 aromatic carbocycles. The highest BCUT2D eigenvalue weighted by molar-refractivity contribution is 9.10. The van der Waals surface area contributed by atoms with Gasteiger partial charge in [-0.25, -0.2) is 19.3 Å². The van der Waals surface area contributed by atoms with Gasteiger partial charge in [0.1, 0.15) is 10.3 Å². The summed E-state index contributed by atoms with van der Waals surface area (Å²) in [6.07, 6.45) is 7.54. The molecule has 6 nitrogen and oxygen atoms in total. The summed E-state index contributed by atoms with van der Waals surface area (Å²) >= 11 is 3.41. The number of rotatable bonds is 3. The van der Waals surface area contributed by atoms with Gasteiger partial charge in [0.25, 0.3) is 0 Å². The Morgan fingerprint density at radius 3 is 2.72 bits per heavy atom. The van der Waals surface area contributed by atoms with Gasteiger partial charge in [-0.15, -0.1) is 0 Å². The van der Waals surface area contributed by atoms with Gasteiger partial charge in [-0.1, -0.05) is 0 Å². The largest absolute Gasteiger partial charge is 0.368 e. The van der Waals surface area contributed by atoms with Crippen LogP contribution in [-0.4, -0.2) is 43.6 Å². The zero-order valence-electron chi connectivity index (χ0n) is 13.4. The molecule has 1 aliphatic heterocycles. The van der Waals surface area contributed by atoms with Crippen LogP contribution in [0.5, 0.6) is 0 Å². The number of anilines is 1. The number of nitrogen functional groups attached to an aromatic ring is 1. The van der Waals surface area contributed by atoms with E-state index in [1.807, 2.05) is 18.5 Å². The van der Waals surface area contributed by atoms with Gasteiger partial charge in [0.15, 0.2) is 5.82 Å². The van der Waals surface area contributed by atoms with Gasteiger partial charge in [0, 0.05) is 36.3 Å². The van der Waals surface area contributed by atoms with E-state index < -0.39 is 5.82 Å². The van der Waals surface area contributed by atoms with Gasteiger partial charge in [-0.3, -0.25) is 4.90 Å². The molecule has 3 aromatic rings. The van der Waals surface area contributed by atoms with E-state index in [1.165, 1.54) is 12.8 Å². The Balaban J connectivity index is 1.63. The van der Waals surface area contributed by atoms with Crippen LogP contribution < -0.4 is 5.73 Å². The highest BCUT2D eigenvalue weighted by atomic mass is 79.9. The standard InChI is InChI=1S/C17H16BrFN6/c18-15-3-11-12(16-13(19)4-22-17(20)23-16)8-25(14(11)5-21-15)10-6-24(7-10)9-1-2-9/h3-5,8-10H,1-2,6-7H2,(H2,20,22,23). The van der Waals surface area contributed by atoms with Gasteiger partial charge in [0.2, 0.25) is 5.95 Å². The fourth-order valence-corrected chi connectivity index (χ4v) is 3.92. The predicted octanol–water partition coefficient (Wildman–Crippen LogP) is 3.00. The van der Waals surface area contributed by atoms with Gasteiger partial charge in [0.05, 0.1) is 24.0 Å². The molecule has 0 radical (unpaired) electrons. The maximum atomic E-state index is 14.3. The molecular weight excluding hydrogens is 387 g/mol. The molecule has 25 heavy (non-hydrogen) atoms. The number of hydrogen-bond acceptors (Lipinski definition) is 5. The van der Waals surface area contributed by atoms with Crippen LogP contribution in [0.3, 0.4) is 0 Å². The second-order valence-electron chi connectivity index (χ2n) is 6.74. The van der Waals surface area contributed by atoms with Crippen molar-refractivity contribution in [2.24, 2.45) is 0 Å². The van der Waals surface area contributed by atoms with Crippen molar-refractivity contribution in [3.63, 3.8) is 0 Å². The fraction of sp³-hybridized carbons (Fsp3) is 0.353. The summed E-state index contributed by atoms with van der Waals surface area (Å²) < 4.78 is 17.2. The van der Waals surface area contributed by atoms with E-state index in [2.05, 4.69) is 40.3 Å². The zero-order valence-corrected chi connectivity index (χ0v) is 14.9. The van der Waals surface area contributed by atoms with Crippen LogP contribution in [0, 0.1) is 5.82 Å². The molecule has 0 atom stereocenters. The third-order valence-electron chi connectivity index (χ3n) is 5.05. The monoisotopic (exact) mass is 402 g/mol. The van der Waals surface area contributed by atoms with E-state index in [9.17, 15) is 4.39 Å². The molecule has 1 saturated carbocycles. The summed E-state index contributed by atoms with van der Waals surface area (Å²) in [5.74, 6) is -0.414. The highest BCUT2D eigenvalue weighted by Crippen LogP contribution is 2.39. The lowest BCUT2D eigenvalue weighted by Crippen LogP contribution is -2.48. The first-order chi connectivity index (χ1) is 12.1. The van der Waals surface area contributed by atoms with E-state index in [4.69, 9.17) is 5.73 Å². The number of aromatic nitrogens is 4. The number of halogens is 2. The van der Waals surface area contributed by atoms with Gasteiger partial charge >= 0.3 is 0 Å². The molecule has 2 fully saturated rings. The first-order valence-electron chi connectivity index (χ1n) is 8.28. The maximum absolute atomic E-state index is 14.3. The van der Waals surface area contributed by atoms with Crippen molar-refractivity contribution < 1.29 is 4.39 Å². The summed E-state index contributed by atoms with van der Waals surface area (Å²) in [6.45, 7) is 2.05. The molecule has 0 unspecified atom stereocenters. The van der Waals surface area contributed by atoms with Gasteiger partial charge in [-0.2, -0.15) is 0 Å². The molecule has 1 saturated heterocycles. The van der Waals surface area contributed by atoms with Gasteiger partial charge < -0.3 is 10.3 Å². The van der Waals surface area contributed by atoms with Crippen LogP contribution in [0.2, 0.25) is 0 Å². The minimum absolute atomic E-state index is 0.0639. The molecular formula is C17H16BrFN6. The molecule has 0 bridgehead atoms. The van der Waals surface area contributed by atoms with E-state index in [0.29, 0.717) is 10.6 Å². The Morgan fingerprint density at radius 1 is 1.16 bits per heavy atom. The Morgan fingerprint density at radius 2 is 1.96 bits per heavy atom. The van der Waals surface area contributed by atoms with Crippen molar-refractivity contribution >= 4 is 32.8 Å². The maximum Gasteiger partial charge on any atom is 0.220 e. The van der Waals surface area contributed by atoms with Crippen molar-refractivity contribution in [2.75, 3.05) is 18.8 Å². The molecule has 2 N–H and O–H groups in total. The quantitative estimate of drug-likeness (QED) is 0.681. The van der Waals surface area contributed by atoms with Crippen molar-refractivity contribution in [1.82, 2.24) is 24.4 Å². The van der Waals surface area contributed by atoms with Crippen LogP contribution >= 0.6 is 15.9 Å². The van der Waals surface area contributed by atoms with E-state index >= 15 is 0 Å². The molecule has 3 aromatic heterocycles. The number of fused-ring (bicyclic) bond motifs is 1. The van der Waals surface area contributed by atoms with Crippen LogP contribution in [0.4, 0.5) is 10.3 Å². The van der Waals surface area contributed by atoms with Crippen LogP contribution in [0.15, 0.2) is 29.3 Å². The lowest BCUT2D eigenvalue weighted by atomic mass is 10.1. The smallest absolute Gasteiger partial charge is 0.220 e. The number of pyridine rings is 1. The molecule has 8 heteroatoms. The summed E-state index contributed by atoms with van der Waals surface area (Å²) in [6, 6.07) is 3.04. The van der Waals surface area contributed by atoms with Crippen molar-refractivity contribution in [3.8, 4) is 11.3 Å². The second-order valence-corrected chi connectivity index (χ2v) is 7.55. The minimum Gasteiger partial charge on any atom is -0.368 e. The molecule has 0 spiro atoms. The van der Waals surface area contributed by atoms with Crippen LogP contribution in [0.25, 0.3) is 22.2 Å². The van der Waals surface area contributed by atoms with E-state index in [1.54, 1.807) is 0 Å². The SMILES string of the molecule is Nc1ncc(F)c(-c2cn(C3CN(C4CC4)C3)c3cnc(Br)cc23)n1. The lowest BCUT2D eigenvalue weighted by molar-refractivity contribution is 0.101. The third-order valence-corrected chi connectivity index (χ3v) is 5.48. The Bertz CT molecular complexity index is 977. The second kappa shape index (κ2) is 5.47. The van der Waals surface area contributed by atoms with Crippen LogP contribution in [0.1, 0.15) is 18.9 Å². The minimum atomic E-state index is -0.477. The molecule has 2 aliphatic rings. The first-order valence-corrected chi connectivity index (χ1v) is 9.08. The average molecular weight is 403 g/mol. The Kier molecular flexibility index (Phi) is 3.33. The summed E-state index contributed by atoms with van der Waals surface area (Å²) in [5, 5.41) is 0.906. The summed E-state index contributed by atoms with van der Waals surface area (Å²) in [4.78, 5) is 14.7. The fourth-order valence-electron chi connectivity index (χ4n) is 3.58. The molecule has 1 aliphatic carbocycles. The average Bonchev–Trinajstić information content (AvgIpc) is 3.31. The Hall–Kier alpha value is -2.06. The first kappa shape index (κ1) is 15.2. The third kappa shape index (κ3) is 2.51. The predicted molar refractivity (Wildman–Crippen MR) is 96.5 cm³/mol. The summed E-state index contributed by atoms with van der Waals surface area (Å²) in [5.41, 5.74) is 7.61. The highest BCUT2D eigenvalue weighted by Gasteiger charge is 2.39. The number of hydrogen-bond donors (Lipinski definition) is 1. The number of likely N-dealkylation sites (tertiary alicyclic amines) is 1. The molecule has 128 valence electrons. The number of nitrogens with two attached hydrogens (primary N) is 1. The normalized spacial score (nSPS) is 18.6. The van der Waals surface area contributed by atoms with Crippen molar-refractivity contribution in [1.29, 1.82) is 0 Å². The van der Waals surface area contributed by atoms with E-state index in [0.717, 1.165) is 41.8 Å². The lowest BCUT2D eigenvalue weighted by Gasteiger charge is -2.40. The van der Waals surface area contributed by atoms with Crippen LogP contribution in [-0.2, 0) is 0 Å². The van der Waals surface area contributed by atoms with E-state index in [-0.39, 0.29) is 11.6 Å². The molecule has 5 rings (SSSR count). The Labute approximate surface area is 152 Å². The zero-order chi connectivity index (χ0) is 17.1. The van der Waals surface area contributed by atoms with Gasteiger partial charge in [-0.05, 0) is 34.8 Å².